The molecule has 15 heavy (non-hydrogen) atoms. The number of nitrogens with one attached hydrogen (secondary N) is 1. The fourth-order valence-corrected chi connectivity index (χ4v) is 1.24. The van der Waals surface area contributed by atoms with Gasteiger partial charge in [-0.25, -0.2) is 14.6 Å². The van der Waals surface area contributed by atoms with Crippen molar-refractivity contribution in [1.29, 1.82) is 0 Å². The van der Waals surface area contributed by atoms with Gasteiger partial charge in [0.1, 0.15) is 6.33 Å². The van der Waals surface area contributed by atoms with Crippen molar-refractivity contribution in [2.45, 2.75) is 13.0 Å². The number of fused-ring (bicyclic) bond motifs is 1. The number of nitrogens with zero attached hydrogens (tertiary/aromatic N) is 5. The van der Waals surface area contributed by atoms with E-state index in [0.717, 1.165) is 0 Å². The molecule has 0 spiro atoms. The maximum absolute atomic E-state index is 5.64. The van der Waals surface area contributed by atoms with Gasteiger partial charge in [0, 0.05) is 19.6 Å². The molecule has 1 unspecified atom stereocenters. The van der Waals surface area contributed by atoms with E-state index in [2.05, 4.69) is 25.6 Å². The van der Waals surface area contributed by atoms with Crippen LogP contribution in [0, 0.1) is 0 Å². The number of anilines is 1. The Labute approximate surface area is 86.7 Å². The summed E-state index contributed by atoms with van der Waals surface area (Å²) in [5.74, 6) is 0.672. The van der Waals surface area contributed by atoms with Crippen molar-refractivity contribution in [2.24, 2.45) is 12.8 Å². The SMILES string of the molecule is CC(N)CNc1ncnc2c1nnn2C. The van der Waals surface area contributed by atoms with Crippen molar-refractivity contribution in [3.8, 4) is 0 Å². The summed E-state index contributed by atoms with van der Waals surface area (Å²) in [5, 5.41) is 11.0. The molecule has 0 saturated heterocycles. The zero-order valence-electron chi connectivity index (χ0n) is 8.68. The third-order valence-corrected chi connectivity index (χ3v) is 1.98. The van der Waals surface area contributed by atoms with Crippen LogP contribution in [0.5, 0.6) is 0 Å². The zero-order valence-corrected chi connectivity index (χ0v) is 8.68. The van der Waals surface area contributed by atoms with Crippen LogP contribution in [-0.2, 0) is 7.05 Å². The molecule has 1 atom stereocenters. The van der Waals surface area contributed by atoms with Crippen molar-refractivity contribution in [3.63, 3.8) is 0 Å². The predicted molar refractivity (Wildman–Crippen MR) is 56.2 cm³/mol. The van der Waals surface area contributed by atoms with Crippen molar-refractivity contribution in [1.82, 2.24) is 25.0 Å². The molecule has 7 heteroatoms. The Hall–Kier alpha value is -1.76. The van der Waals surface area contributed by atoms with Crippen LogP contribution >= 0.6 is 0 Å². The molecular formula is C8H13N7. The summed E-state index contributed by atoms with van der Waals surface area (Å²) in [6, 6.07) is 0.0617. The van der Waals surface area contributed by atoms with Gasteiger partial charge in [-0.2, -0.15) is 0 Å². The molecule has 2 rings (SSSR count). The minimum atomic E-state index is 0.0617. The molecule has 2 aromatic heterocycles. The summed E-state index contributed by atoms with van der Waals surface area (Å²) in [5.41, 5.74) is 7.02. The second kappa shape index (κ2) is 3.77. The molecule has 2 heterocycles. The Bertz CT molecular complexity index is 461. The lowest BCUT2D eigenvalue weighted by atomic mass is 10.3. The molecule has 0 aromatic carbocycles. The lowest BCUT2D eigenvalue weighted by Crippen LogP contribution is -2.25. The Balaban J connectivity index is 2.34. The summed E-state index contributed by atoms with van der Waals surface area (Å²) in [7, 11) is 1.79. The smallest absolute Gasteiger partial charge is 0.183 e. The molecule has 0 aliphatic heterocycles. The number of hydrogen-bond acceptors (Lipinski definition) is 6. The minimum absolute atomic E-state index is 0.0617. The van der Waals surface area contributed by atoms with E-state index in [9.17, 15) is 0 Å². The van der Waals surface area contributed by atoms with Crippen molar-refractivity contribution in [2.75, 3.05) is 11.9 Å². The molecule has 0 aliphatic rings. The molecule has 0 bridgehead atoms. The molecule has 3 N–H and O–H groups in total. The predicted octanol–water partition coefficient (Wildman–Crippen LogP) is -0.483. The van der Waals surface area contributed by atoms with Crippen LogP contribution in [0.1, 0.15) is 6.92 Å². The summed E-state index contributed by atoms with van der Waals surface area (Å²) < 4.78 is 1.61. The molecule has 2 aromatic rings. The first-order valence-corrected chi connectivity index (χ1v) is 4.68. The van der Waals surface area contributed by atoms with Crippen LogP contribution in [0.15, 0.2) is 6.33 Å². The Morgan fingerprint density at radius 1 is 1.53 bits per heavy atom. The van der Waals surface area contributed by atoms with Crippen molar-refractivity contribution in [3.05, 3.63) is 6.33 Å². The monoisotopic (exact) mass is 207 g/mol. The second-order valence-electron chi connectivity index (χ2n) is 3.47. The highest BCUT2D eigenvalue weighted by molar-refractivity contribution is 5.81. The van der Waals surface area contributed by atoms with Crippen molar-refractivity contribution >= 4 is 17.0 Å². The number of hydrogen-bond donors (Lipinski definition) is 2. The molecule has 0 aliphatic carbocycles. The highest BCUT2D eigenvalue weighted by Crippen LogP contribution is 2.14. The van der Waals surface area contributed by atoms with Gasteiger partial charge >= 0.3 is 0 Å². The van der Waals surface area contributed by atoms with Gasteiger partial charge in [0.25, 0.3) is 0 Å². The van der Waals surface area contributed by atoms with E-state index >= 15 is 0 Å². The number of nitrogens with two attached hydrogens (primary N) is 1. The summed E-state index contributed by atoms with van der Waals surface area (Å²) in [4.78, 5) is 8.18. The van der Waals surface area contributed by atoms with Crippen LogP contribution < -0.4 is 11.1 Å². The van der Waals surface area contributed by atoms with Gasteiger partial charge in [0.2, 0.25) is 0 Å². The van der Waals surface area contributed by atoms with E-state index in [1.165, 1.54) is 6.33 Å². The van der Waals surface area contributed by atoms with E-state index in [1.807, 2.05) is 6.92 Å². The molecule has 0 saturated carbocycles. The number of aromatic nitrogens is 5. The molecule has 0 amide bonds. The fourth-order valence-electron chi connectivity index (χ4n) is 1.24. The van der Waals surface area contributed by atoms with E-state index in [1.54, 1.807) is 11.7 Å². The van der Waals surface area contributed by atoms with Crippen LogP contribution in [0.2, 0.25) is 0 Å². The second-order valence-corrected chi connectivity index (χ2v) is 3.47. The normalized spacial score (nSPS) is 13.0. The minimum Gasteiger partial charge on any atom is -0.367 e. The Kier molecular flexibility index (Phi) is 2.46. The summed E-state index contributed by atoms with van der Waals surface area (Å²) >= 11 is 0. The van der Waals surface area contributed by atoms with Gasteiger partial charge in [-0.1, -0.05) is 5.21 Å². The zero-order chi connectivity index (χ0) is 10.8. The number of aryl methyl sites for hydroxylation is 1. The quantitative estimate of drug-likeness (QED) is 0.705. The van der Waals surface area contributed by atoms with Gasteiger partial charge in [-0.3, -0.25) is 0 Å². The molecule has 80 valence electrons. The van der Waals surface area contributed by atoms with Gasteiger partial charge < -0.3 is 11.1 Å². The van der Waals surface area contributed by atoms with E-state index in [-0.39, 0.29) is 6.04 Å². The average molecular weight is 207 g/mol. The molecular weight excluding hydrogens is 194 g/mol. The first kappa shape index (κ1) is 9.78. The molecule has 0 radical (unpaired) electrons. The maximum Gasteiger partial charge on any atom is 0.183 e. The average Bonchev–Trinajstić information content (AvgIpc) is 2.58. The third-order valence-electron chi connectivity index (χ3n) is 1.98. The van der Waals surface area contributed by atoms with Gasteiger partial charge in [-0.05, 0) is 6.92 Å². The van der Waals surface area contributed by atoms with E-state index in [0.29, 0.717) is 23.5 Å². The maximum atomic E-state index is 5.64. The largest absolute Gasteiger partial charge is 0.367 e. The van der Waals surface area contributed by atoms with Crippen LogP contribution in [0.3, 0.4) is 0 Å². The Morgan fingerprint density at radius 3 is 3.07 bits per heavy atom. The third kappa shape index (κ3) is 1.86. The van der Waals surface area contributed by atoms with Crippen LogP contribution in [0.4, 0.5) is 5.82 Å². The highest BCUT2D eigenvalue weighted by Gasteiger charge is 2.09. The standard InChI is InChI=1S/C8H13N7/c1-5(9)3-10-7-6-8(12-4-11-7)15(2)14-13-6/h4-5H,3,9H2,1-2H3,(H,10,11,12). The molecule has 7 nitrogen and oxygen atoms in total. The summed E-state index contributed by atoms with van der Waals surface area (Å²) in [6.45, 7) is 2.56. The van der Waals surface area contributed by atoms with E-state index in [4.69, 9.17) is 5.73 Å². The lowest BCUT2D eigenvalue weighted by molar-refractivity contribution is 0.729. The van der Waals surface area contributed by atoms with Crippen LogP contribution in [0.25, 0.3) is 11.2 Å². The van der Waals surface area contributed by atoms with Gasteiger partial charge in [0.15, 0.2) is 17.0 Å². The lowest BCUT2D eigenvalue weighted by Gasteiger charge is -2.07. The van der Waals surface area contributed by atoms with E-state index < -0.39 is 0 Å². The first-order chi connectivity index (χ1) is 7.18. The van der Waals surface area contributed by atoms with Crippen molar-refractivity contribution < 1.29 is 0 Å². The Morgan fingerprint density at radius 2 is 2.33 bits per heavy atom. The highest BCUT2D eigenvalue weighted by atomic mass is 15.4. The topological polar surface area (TPSA) is 94.5 Å². The first-order valence-electron chi connectivity index (χ1n) is 4.68. The molecule has 0 fully saturated rings. The van der Waals surface area contributed by atoms with Gasteiger partial charge in [0.05, 0.1) is 0 Å². The number of rotatable bonds is 3. The van der Waals surface area contributed by atoms with Gasteiger partial charge in [-0.15, -0.1) is 5.10 Å². The fraction of sp³-hybridized carbons (Fsp3) is 0.500. The summed E-state index contributed by atoms with van der Waals surface area (Å²) in [6.07, 6.45) is 1.48. The van der Waals surface area contributed by atoms with Crippen LogP contribution in [-0.4, -0.2) is 37.5 Å².